The number of sulfonamides is 1. The van der Waals surface area contributed by atoms with Crippen molar-refractivity contribution in [2.24, 2.45) is 0 Å². The van der Waals surface area contributed by atoms with E-state index in [1.54, 1.807) is 11.4 Å². The molecule has 0 amide bonds. The Bertz CT molecular complexity index is 928. The highest BCUT2D eigenvalue weighted by molar-refractivity contribution is 7.88. The van der Waals surface area contributed by atoms with Gasteiger partial charge in [0.2, 0.25) is 10.0 Å². The molecule has 0 bridgehead atoms. The Morgan fingerprint density at radius 3 is 2.37 bits per heavy atom. The molecule has 2 aromatic rings. The van der Waals surface area contributed by atoms with Crippen LogP contribution in [0.3, 0.4) is 0 Å². The van der Waals surface area contributed by atoms with Crippen molar-refractivity contribution >= 4 is 15.7 Å². The van der Waals surface area contributed by atoms with Crippen molar-refractivity contribution in [2.75, 3.05) is 51.3 Å². The summed E-state index contributed by atoms with van der Waals surface area (Å²) in [6, 6.07) is 17.9. The minimum atomic E-state index is -3.29. The molecule has 30 heavy (non-hydrogen) atoms. The summed E-state index contributed by atoms with van der Waals surface area (Å²) in [6.45, 7) is 4.96. The van der Waals surface area contributed by atoms with Crippen molar-refractivity contribution in [1.82, 2.24) is 9.21 Å². The van der Waals surface area contributed by atoms with Gasteiger partial charge in [-0.15, -0.1) is 0 Å². The van der Waals surface area contributed by atoms with Gasteiger partial charge in [-0.05, 0) is 30.5 Å². The first-order valence-electron chi connectivity index (χ1n) is 10.7. The van der Waals surface area contributed by atoms with Crippen molar-refractivity contribution in [3.05, 3.63) is 60.2 Å². The minimum absolute atomic E-state index is 0.0855. The van der Waals surface area contributed by atoms with Crippen LogP contribution in [0.5, 0.6) is 5.75 Å². The van der Waals surface area contributed by atoms with Crippen molar-refractivity contribution in [3.8, 4) is 5.75 Å². The summed E-state index contributed by atoms with van der Waals surface area (Å²) >= 11 is 0. The lowest BCUT2D eigenvalue weighted by Crippen LogP contribution is -2.56. The number of rotatable bonds is 6. The summed E-state index contributed by atoms with van der Waals surface area (Å²) in [5.41, 5.74) is 1.99. The first-order valence-corrected chi connectivity index (χ1v) is 12.3. The molecule has 0 aromatic heterocycles. The van der Waals surface area contributed by atoms with E-state index in [1.165, 1.54) is 0 Å². The maximum absolute atomic E-state index is 13.0. The van der Waals surface area contributed by atoms with Crippen molar-refractivity contribution in [2.45, 2.75) is 24.6 Å². The second kappa shape index (κ2) is 9.37. The fraction of sp³-hybridized carbons (Fsp3) is 0.478. The van der Waals surface area contributed by atoms with Crippen LogP contribution >= 0.6 is 0 Å². The summed E-state index contributed by atoms with van der Waals surface area (Å²) in [6.07, 6.45) is 1.98. The van der Waals surface area contributed by atoms with E-state index in [2.05, 4.69) is 15.9 Å². The number of anilines is 1. The largest absolute Gasteiger partial charge is 0.495 e. The Kier molecular flexibility index (Phi) is 6.61. The zero-order chi connectivity index (χ0) is 21.0. The van der Waals surface area contributed by atoms with E-state index in [1.807, 2.05) is 48.5 Å². The maximum Gasteiger partial charge on any atom is 0.218 e. The quantitative estimate of drug-likeness (QED) is 0.707. The summed E-state index contributed by atoms with van der Waals surface area (Å²) in [5, 5.41) is 0. The van der Waals surface area contributed by atoms with Gasteiger partial charge in [0.15, 0.2) is 0 Å². The molecule has 0 saturated carbocycles. The van der Waals surface area contributed by atoms with Gasteiger partial charge in [-0.2, -0.15) is 0 Å². The lowest BCUT2D eigenvalue weighted by Gasteiger charge is -2.43. The molecule has 2 aliphatic rings. The van der Waals surface area contributed by atoms with Crippen LogP contribution < -0.4 is 9.64 Å². The van der Waals surface area contributed by atoms with E-state index in [0.29, 0.717) is 19.1 Å². The Morgan fingerprint density at radius 1 is 0.933 bits per heavy atom. The van der Waals surface area contributed by atoms with Crippen molar-refractivity contribution in [1.29, 1.82) is 0 Å². The molecule has 2 heterocycles. The van der Waals surface area contributed by atoms with E-state index >= 15 is 0 Å². The third-order valence-corrected chi connectivity index (χ3v) is 8.02. The Morgan fingerprint density at radius 2 is 1.63 bits per heavy atom. The maximum atomic E-state index is 13.0. The molecule has 0 aliphatic carbocycles. The number of methoxy groups -OCH3 is 1. The Hall–Kier alpha value is -2.09. The molecule has 4 rings (SSSR count). The number of piperidine rings is 1. The molecule has 1 atom stereocenters. The number of benzene rings is 2. The first-order chi connectivity index (χ1) is 14.6. The molecule has 2 aromatic carbocycles. The molecule has 162 valence electrons. The standard InChI is InChI=1S/C23H31N3O3S/c1-29-23-12-6-5-11-22(23)25-16-14-24(15-17-25)21-10-7-13-26(18-21)30(27,28)19-20-8-3-2-4-9-20/h2-6,8-9,11-12,21H,7,10,13-19H2,1H3/t21-/m1/s1. The van der Waals surface area contributed by atoms with Crippen LogP contribution in [0.25, 0.3) is 0 Å². The third kappa shape index (κ3) is 4.79. The van der Waals surface area contributed by atoms with Crippen molar-refractivity contribution < 1.29 is 13.2 Å². The molecule has 7 heteroatoms. The van der Waals surface area contributed by atoms with Gasteiger partial charge < -0.3 is 9.64 Å². The third-order valence-electron chi connectivity index (χ3n) is 6.20. The first kappa shape index (κ1) is 21.2. The normalized spacial score (nSPS) is 21.5. The molecular formula is C23H31N3O3S. The van der Waals surface area contributed by atoms with Gasteiger partial charge in [-0.3, -0.25) is 4.90 Å². The number of nitrogens with zero attached hydrogens (tertiary/aromatic N) is 3. The van der Waals surface area contributed by atoms with E-state index in [0.717, 1.165) is 56.0 Å². The fourth-order valence-corrected chi connectivity index (χ4v) is 6.17. The average molecular weight is 430 g/mol. The van der Waals surface area contributed by atoms with E-state index in [4.69, 9.17) is 4.74 Å². The lowest BCUT2D eigenvalue weighted by molar-refractivity contribution is 0.128. The molecule has 2 aliphatic heterocycles. The van der Waals surface area contributed by atoms with Gasteiger partial charge in [-0.25, -0.2) is 12.7 Å². The van der Waals surface area contributed by atoms with Crippen LogP contribution in [0.1, 0.15) is 18.4 Å². The highest BCUT2D eigenvalue weighted by atomic mass is 32.2. The highest BCUT2D eigenvalue weighted by Crippen LogP contribution is 2.29. The molecule has 0 spiro atoms. The van der Waals surface area contributed by atoms with Crippen molar-refractivity contribution in [3.63, 3.8) is 0 Å². The number of hydrogen-bond acceptors (Lipinski definition) is 5. The van der Waals surface area contributed by atoms with Crippen LogP contribution in [-0.4, -0.2) is 70.0 Å². The highest BCUT2D eigenvalue weighted by Gasteiger charge is 2.33. The lowest BCUT2D eigenvalue weighted by atomic mass is 10.0. The monoisotopic (exact) mass is 429 g/mol. The van der Waals surface area contributed by atoms with Gasteiger partial charge in [0.25, 0.3) is 0 Å². The molecule has 0 radical (unpaired) electrons. The Labute approximate surface area is 180 Å². The second-order valence-electron chi connectivity index (χ2n) is 8.09. The predicted octanol–water partition coefficient (Wildman–Crippen LogP) is 2.81. The summed E-state index contributed by atoms with van der Waals surface area (Å²) in [4.78, 5) is 4.83. The number of hydrogen-bond donors (Lipinski definition) is 0. The van der Waals surface area contributed by atoms with E-state index < -0.39 is 10.0 Å². The number of ether oxygens (including phenoxy) is 1. The van der Waals surface area contributed by atoms with Gasteiger partial charge in [-0.1, -0.05) is 42.5 Å². The van der Waals surface area contributed by atoms with Crippen LogP contribution in [0.4, 0.5) is 5.69 Å². The molecule has 0 N–H and O–H groups in total. The summed E-state index contributed by atoms with van der Waals surface area (Å²) in [7, 11) is -1.58. The molecule has 6 nitrogen and oxygen atoms in total. The number of piperazine rings is 1. The number of para-hydroxylation sites is 2. The minimum Gasteiger partial charge on any atom is -0.495 e. The molecule has 2 fully saturated rings. The van der Waals surface area contributed by atoms with Crippen LogP contribution in [0, 0.1) is 0 Å². The summed E-state index contributed by atoms with van der Waals surface area (Å²) in [5.74, 6) is 0.990. The van der Waals surface area contributed by atoms with Gasteiger partial charge in [0, 0.05) is 45.3 Å². The topological polar surface area (TPSA) is 53.1 Å². The fourth-order valence-electron chi connectivity index (χ4n) is 4.57. The van der Waals surface area contributed by atoms with E-state index in [9.17, 15) is 8.42 Å². The average Bonchev–Trinajstić information content (AvgIpc) is 2.80. The predicted molar refractivity (Wildman–Crippen MR) is 120 cm³/mol. The van der Waals surface area contributed by atoms with Gasteiger partial charge in [0.1, 0.15) is 5.75 Å². The van der Waals surface area contributed by atoms with Gasteiger partial charge in [0.05, 0.1) is 18.6 Å². The van der Waals surface area contributed by atoms with Crippen LogP contribution in [0.2, 0.25) is 0 Å². The van der Waals surface area contributed by atoms with Crippen LogP contribution in [-0.2, 0) is 15.8 Å². The van der Waals surface area contributed by atoms with Crippen LogP contribution in [0.15, 0.2) is 54.6 Å². The smallest absolute Gasteiger partial charge is 0.218 e. The second-order valence-corrected chi connectivity index (χ2v) is 10.1. The zero-order valence-corrected chi connectivity index (χ0v) is 18.4. The Balaban J connectivity index is 1.36. The van der Waals surface area contributed by atoms with E-state index in [-0.39, 0.29) is 5.75 Å². The molecule has 2 saturated heterocycles. The molecular weight excluding hydrogens is 398 g/mol. The zero-order valence-electron chi connectivity index (χ0n) is 17.6. The SMILES string of the molecule is COc1ccccc1N1CCN([C@@H]2CCCN(S(=O)(=O)Cc3ccccc3)C2)CC1. The molecule has 0 unspecified atom stereocenters. The van der Waals surface area contributed by atoms with Gasteiger partial charge >= 0.3 is 0 Å². The summed E-state index contributed by atoms with van der Waals surface area (Å²) < 4.78 is 33.2.